The number of aryl methyl sites for hydroxylation is 1. The van der Waals surface area contributed by atoms with Crippen molar-refractivity contribution in [1.29, 1.82) is 0 Å². The van der Waals surface area contributed by atoms with E-state index in [4.69, 9.17) is 4.74 Å². The molecule has 1 aromatic rings. The highest BCUT2D eigenvalue weighted by Crippen LogP contribution is 2.22. The largest absolute Gasteiger partial charge is 0.380 e. The monoisotopic (exact) mass is 192 g/mol. The molecule has 1 nitrogen and oxygen atoms in total. The van der Waals surface area contributed by atoms with Crippen LogP contribution in [0.4, 0.5) is 0 Å². The van der Waals surface area contributed by atoms with Crippen LogP contribution in [-0.4, -0.2) is 7.11 Å². The summed E-state index contributed by atoms with van der Waals surface area (Å²) in [7, 11) is 1.75. The van der Waals surface area contributed by atoms with Crippen LogP contribution in [0.25, 0.3) is 0 Å². The molecule has 0 N–H and O–H groups in total. The summed E-state index contributed by atoms with van der Waals surface area (Å²) in [5.74, 6) is 0. The average Bonchev–Trinajstić information content (AvgIpc) is 2.19. The number of ether oxygens (including phenoxy) is 1. The van der Waals surface area contributed by atoms with E-state index in [-0.39, 0.29) is 0 Å². The summed E-state index contributed by atoms with van der Waals surface area (Å²) in [5, 5.41) is 0. The van der Waals surface area contributed by atoms with Crippen molar-refractivity contribution in [1.82, 2.24) is 0 Å². The SMILES string of the molecule is CCc1cc(COC)c(C)c(C)c1C. The van der Waals surface area contributed by atoms with Gasteiger partial charge in [-0.15, -0.1) is 0 Å². The molecule has 0 spiro atoms. The van der Waals surface area contributed by atoms with Gasteiger partial charge in [-0.2, -0.15) is 0 Å². The second-order valence-electron chi connectivity index (χ2n) is 3.86. The Morgan fingerprint density at radius 1 is 1.00 bits per heavy atom. The quantitative estimate of drug-likeness (QED) is 0.714. The van der Waals surface area contributed by atoms with Gasteiger partial charge in [-0.05, 0) is 55.0 Å². The maximum atomic E-state index is 5.20. The molecule has 0 saturated carbocycles. The molecular weight excluding hydrogens is 172 g/mol. The molecule has 0 bridgehead atoms. The Morgan fingerprint density at radius 2 is 1.57 bits per heavy atom. The Morgan fingerprint density at radius 3 is 2.07 bits per heavy atom. The van der Waals surface area contributed by atoms with E-state index in [1.54, 1.807) is 7.11 Å². The summed E-state index contributed by atoms with van der Waals surface area (Å²) in [6, 6.07) is 2.28. The summed E-state index contributed by atoms with van der Waals surface area (Å²) in [6.07, 6.45) is 1.10. The molecule has 1 heteroatoms. The van der Waals surface area contributed by atoms with Crippen molar-refractivity contribution in [3.63, 3.8) is 0 Å². The first-order valence-corrected chi connectivity index (χ1v) is 5.19. The smallest absolute Gasteiger partial charge is 0.0715 e. The van der Waals surface area contributed by atoms with E-state index in [1.807, 2.05) is 0 Å². The van der Waals surface area contributed by atoms with Gasteiger partial charge in [0.05, 0.1) is 6.61 Å². The molecule has 0 fully saturated rings. The summed E-state index contributed by atoms with van der Waals surface area (Å²) in [4.78, 5) is 0. The molecule has 0 unspecified atom stereocenters. The second-order valence-corrected chi connectivity index (χ2v) is 3.86. The van der Waals surface area contributed by atoms with Gasteiger partial charge in [-0.1, -0.05) is 13.0 Å². The summed E-state index contributed by atoms with van der Waals surface area (Å²) >= 11 is 0. The second kappa shape index (κ2) is 4.61. The van der Waals surface area contributed by atoms with E-state index in [2.05, 4.69) is 33.8 Å². The van der Waals surface area contributed by atoms with Gasteiger partial charge < -0.3 is 4.74 Å². The molecule has 14 heavy (non-hydrogen) atoms. The van der Waals surface area contributed by atoms with Crippen molar-refractivity contribution < 1.29 is 4.74 Å². The summed E-state index contributed by atoms with van der Waals surface area (Å²) < 4.78 is 5.20. The number of hydrogen-bond donors (Lipinski definition) is 0. The molecule has 0 heterocycles. The fourth-order valence-electron chi connectivity index (χ4n) is 1.86. The molecule has 0 aliphatic heterocycles. The average molecular weight is 192 g/mol. The van der Waals surface area contributed by atoms with Crippen LogP contribution in [0, 0.1) is 20.8 Å². The van der Waals surface area contributed by atoms with Gasteiger partial charge >= 0.3 is 0 Å². The molecule has 0 aromatic heterocycles. The van der Waals surface area contributed by atoms with E-state index in [0.29, 0.717) is 0 Å². The molecule has 0 amide bonds. The first-order valence-electron chi connectivity index (χ1n) is 5.19. The van der Waals surface area contributed by atoms with Gasteiger partial charge in [-0.3, -0.25) is 0 Å². The van der Waals surface area contributed by atoms with Gasteiger partial charge in [-0.25, -0.2) is 0 Å². The standard InChI is InChI=1S/C13H20O/c1-6-12-7-13(8-14-5)11(4)9(2)10(12)3/h7H,6,8H2,1-5H3. The number of hydrogen-bond acceptors (Lipinski definition) is 1. The Kier molecular flexibility index (Phi) is 3.70. The van der Waals surface area contributed by atoms with Crippen molar-refractivity contribution in [2.75, 3.05) is 7.11 Å². The van der Waals surface area contributed by atoms with Gasteiger partial charge in [0.2, 0.25) is 0 Å². The Balaban J connectivity index is 3.25. The first-order chi connectivity index (χ1) is 6.61. The third-order valence-electron chi connectivity index (χ3n) is 3.12. The molecular formula is C13H20O. The van der Waals surface area contributed by atoms with Crippen molar-refractivity contribution in [3.8, 4) is 0 Å². The van der Waals surface area contributed by atoms with Crippen molar-refractivity contribution in [2.24, 2.45) is 0 Å². The molecule has 0 saturated heterocycles. The number of rotatable bonds is 3. The van der Waals surface area contributed by atoms with Gasteiger partial charge in [0.1, 0.15) is 0 Å². The van der Waals surface area contributed by atoms with E-state index in [9.17, 15) is 0 Å². The highest BCUT2D eigenvalue weighted by Gasteiger charge is 2.07. The minimum Gasteiger partial charge on any atom is -0.380 e. The fourth-order valence-corrected chi connectivity index (χ4v) is 1.86. The molecule has 0 aliphatic carbocycles. The number of benzene rings is 1. The third-order valence-corrected chi connectivity index (χ3v) is 3.12. The van der Waals surface area contributed by atoms with Crippen LogP contribution in [0.15, 0.2) is 6.07 Å². The van der Waals surface area contributed by atoms with E-state index in [1.165, 1.54) is 27.8 Å². The van der Waals surface area contributed by atoms with E-state index in [0.717, 1.165) is 13.0 Å². The zero-order chi connectivity index (χ0) is 10.7. The number of methoxy groups -OCH3 is 1. The summed E-state index contributed by atoms with van der Waals surface area (Å²) in [5.41, 5.74) is 7.00. The lowest BCUT2D eigenvalue weighted by molar-refractivity contribution is 0.184. The fraction of sp³-hybridized carbons (Fsp3) is 0.538. The van der Waals surface area contributed by atoms with Crippen LogP contribution in [0.5, 0.6) is 0 Å². The predicted molar refractivity (Wildman–Crippen MR) is 60.7 cm³/mol. The molecule has 78 valence electrons. The normalized spacial score (nSPS) is 10.6. The Labute approximate surface area is 87.1 Å². The third kappa shape index (κ3) is 1.98. The highest BCUT2D eigenvalue weighted by atomic mass is 16.5. The van der Waals surface area contributed by atoms with E-state index < -0.39 is 0 Å². The van der Waals surface area contributed by atoms with Crippen LogP contribution in [0.1, 0.15) is 34.7 Å². The Bertz CT molecular complexity index is 326. The Hall–Kier alpha value is -0.820. The first kappa shape index (κ1) is 11.3. The van der Waals surface area contributed by atoms with Gasteiger partial charge in [0.25, 0.3) is 0 Å². The van der Waals surface area contributed by atoms with Crippen molar-refractivity contribution in [2.45, 2.75) is 40.7 Å². The molecule has 1 rings (SSSR count). The van der Waals surface area contributed by atoms with Crippen LogP contribution in [0.2, 0.25) is 0 Å². The highest BCUT2D eigenvalue weighted by molar-refractivity contribution is 5.44. The van der Waals surface area contributed by atoms with Gasteiger partial charge in [0, 0.05) is 7.11 Å². The van der Waals surface area contributed by atoms with Crippen LogP contribution < -0.4 is 0 Å². The molecule has 0 aliphatic rings. The maximum Gasteiger partial charge on any atom is 0.0715 e. The van der Waals surface area contributed by atoms with Crippen LogP contribution in [0.3, 0.4) is 0 Å². The lowest BCUT2D eigenvalue weighted by atomic mass is 9.93. The van der Waals surface area contributed by atoms with Crippen LogP contribution >= 0.6 is 0 Å². The zero-order valence-electron chi connectivity index (χ0n) is 9.90. The van der Waals surface area contributed by atoms with Crippen molar-refractivity contribution in [3.05, 3.63) is 33.9 Å². The maximum absolute atomic E-state index is 5.20. The van der Waals surface area contributed by atoms with E-state index >= 15 is 0 Å². The lowest BCUT2D eigenvalue weighted by Crippen LogP contribution is -2.00. The topological polar surface area (TPSA) is 9.23 Å². The summed E-state index contributed by atoms with van der Waals surface area (Å²) in [6.45, 7) is 9.50. The molecule has 0 radical (unpaired) electrons. The van der Waals surface area contributed by atoms with Crippen LogP contribution in [-0.2, 0) is 17.8 Å². The zero-order valence-corrected chi connectivity index (χ0v) is 9.90. The van der Waals surface area contributed by atoms with Gasteiger partial charge in [0.15, 0.2) is 0 Å². The van der Waals surface area contributed by atoms with Crippen molar-refractivity contribution >= 4 is 0 Å². The molecule has 1 aromatic carbocycles. The lowest BCUT2D eigenvalue weighted by Gasteiger charge is -2.14. The minimum absolute atomic E-state index is 0.722. The molecule has 0 atom stereocenters. The predicted octanol–water partition coefficient (Wildman–Crippen LogP) is 3.32. The minimum atomic E-state index is 0.722.